The minimum absolute atomic E-state index is 0.309. The summed E-state index contributed by atoms with van der Waals surface area (Å²) in [6, 6.07) is 6.80. The predicted octanol–water partition coefficient (Wildman–Crippen LogP) is 3.38. The van der Waals surface area contributed by atoms with Crippen LogP contribution in [0.25, 0.3) is 0 Å². The van der Waals surface area contributed by atoms with Crippen molar-refractivity contribution in [1.29, 1.82) is 0 Å². The second kappa shape index (κ2) is 6.35. The van der Waals surface area contributed by atoms with E-state index < -0.39 is 0 Å². The average Bonchev–Trinajstić information content (AvgIpc) is 2.77. The Kier molecular flexibility index (Phi) is 4.77. The van der Waals surface area contributed by atoms with Gasteiger partial charge in [-0.15, -0.1) is 0 Å². The summed E-state index contributed by atoms with van der Waals surface area (Å²) >= 11 is 3.66. The van der Waals surface area contributed by atoms with Crippen LogP contribution in [0.15, 0.2) is 35.1 Å². The van der Waals surface area contributed by atoms with E-state index in [2.05, 4.69) is 64.6 Å². The highest BCUT2D eigenvalue weighted by atomic mass is 79.9. The van der Waals surface area contributed by atoms with E-state index in [1.165, 1.54) is 16.7 Å². The van der Waals surface area contributed by atoms with Gasteiger partial charge in [0, 0.05) is 23.8 Å². The van der Waals surface area contributed by atoms with Crippen LogP contribution in [0.5, 0.6) is 0 Å². The lowest BCUT2D eigenvalue weighted by atomic mass is 9.99. The van der Waals surface area contributed by atoms with Crippen molar-refractivity contribution in [1.82, 2.24) is 15.1 Å². The predicted molar refractivity (Wildman–Crippen MR) is 82.2 cm³/mol. The number of hydrogen-bond donors (Lipinski definition) is 1. The van der Waals surface area contributed by atoms with Gasteiger partial charge in [0.05, 0.1) is 6.20 Å². The zero-order chi connectivity index (χ0) is 13.8. The maximum absolute atomic E-state index is 4.24. The van der Waals surface area contributed by atoms with Gasteiger partial charge < -0.3 is 5.32 Å². The summed E-state index contributed by atoms with van der Waals surface area (Å²) in [5.74, 6) is 0. The molecule has 0 aliphatic carbocycles. The van der Waals surface area contributed by atoms with Gasteiger partial charge >= 0.3 is 0 Å². The van der Waals surface area contributed by atoms with Crippen molar-refractivity contribution in [2.75, 3.05) is 6.54 Å². The van der Waals surface area contributed by atoms with Crippen LogP contribution in [0.3, 0.4) is 0 Å². The van der Waals surface area contributed by atoms with Gasteiger partial charge in [0.2, 0.25) is 0 Å². The van der Waals surface area contributed by atoms with Crippen molar-refractivity contribution in [2.24, 2.45) is 7.05 Å². The van der Waals surface area contributed by atoms with Crippen molar-refractivity contribution in [2.45, 2.75) is 26.3 Å². The van der Waals surface area contributed by atoms with Crippen molar-refractivity contribution in [3.8, 4) is 0 Å². The van der Waals surface area contributed by atoms with E-state index >= 15 is 0 Å². The molecule has 0 fully saturated rings. The minimum atomic E-state index is 0.309. The smallest absolute Gasteiger partial charge is 0.0522 e. The second-order valence-electron chi connectivity index (χ2n) is 4.86. The monoisotopic (exact) mass is 321 g/mol. The van der Waals surface area contributed by atoms with E-state index in [1.54, 1.807) is 0 Å². The first-order valence-corrected chi connectivity index (χ1v) is 7.36. The summed E-state index contributed by atoms with van der Waals surface area (Å²) in [6.07, 6.45) is 4.96. The summed E-state index contributed by atoms with van der Waals surface area (Å²) in [7, 11) is 1.95. The topological polar surface area (TPSA) is 29.9 Å². The lowest BCUT2D eigenvalue weighted by Gasteiger charge is -2.19. The number of aryl methyl sites for hydroxylation is 2. The molecule has 0 saturated carbocycles. The number of nitrogens with one attached hydrogen (secondary N) is 1. The molecule has 1 unspecified atom stereocenters. The minimum Gasteiger partial charge on any atom is -0.310 e. The first kappa shape index (κ1) is 14.3. The number of benzene rings is 1. The third kappa shape index (κ3) is 3.67. The normalized spacial score (nSPS) is 12.6. The maximum atomic E-state index is 4.24. The molecule has 1 heterocycles. The molecule has 0 spiro atoms. The summed E-state index contributed by atoms with van der Waals surface area (Å²) in [6.45, 7) is 5.22. The fraction of sp³-hybridized carbons (Fsp3) is 0.400. The highest BCUT2D eigenvalue weighted by Gasteiger charge is 2.15. The van der Waals surface area contributed by atoms with Crippen molar-refractivity contribution in [3.63, 3.8) is 0 Å². The van der Waals surface area contributed by atoms with Crippen LogP contribution in [0.2, 0.25) is 0 Å². The van der Waals surface area contributed by atoms with Crippen molar-refractivity contribution in [3.05, 3.63) is 51.8 Å². The highest BCUT2D eigenvalue weighted by Crippen LogP contribution is 2.27. The van der Waals surface area contributed by atoms with Crippen LogP contribution in [0.4, 0.5) is 0 Å². The summed E-state index contributed by atoms with van der Waals surface area (Å²) in [4.78, 5) is 0. The largest absolute Gasteiger partial charge is 0.310 e. The quantitative estimate of drug-likeness (QED) is 0.914. The van der Waals surface area contributed by atoms with Crippen LogP contribution < -0.4 is 5.32 Å². The Hall–Kier alpha value is -1.13. The molecule has 19 heavy (non-hydrogen) atoms. The van der Waals surface area contributed by atoms with E-state index in [4.69, 9.17) is 0 Å². The molecular weight excluding hydrogens is 302 g/mol. The molecular formula is C15H20BrN3. The van der Waals surface area contributed by atoms with Crippen molar-refractivity contribution >= 4 is 15.9 Å². The Balaban J connectivity index is 2.26. The number of nitrogens with zero attached hydrogens (tertiary/aromatic N) is 2. The van der Waals surface area contributed by atoms with E-state index in [0.717, 1.165) is 17.4 Å². The SMILES string of the molecule is CCNC(Cc1cnn(C)c1)c1cc(C)ccc1Br. The molecule has 1 aromatic carbocycles. The first-order chi connectivity index (χ1) is 9.10. The van der Waals surface area contributed by atoms with Crippen LogP contribution in [0, 0.1) is 6.92 Å². The molecule has 0 saturated heterocycles. The standard InChI is InChI=1S/C15H20BrN3/c1-4-17-15(8-12-9-18-19(3)10-12)13-7-11(2)5-6-14(13)16/h5-7,9-10,15,17H,4,8H2,1-3H3. The summed E-state index contributed by atoms with van der Waals surface area (Å²) in [5, 5.41) is 7.80. The molecule has 0 radical (unpaired) electrons. The Morgan fingerprint density at radius 3 is 2.84 bits per heavy atom. The van der Waals surface area contributed by atoms with Crippen molar-refractivity contribution < 1.29 is 0 Å². The molecule has 102 valence electrons. The fourth-order valence-corrected chi connectivity index (χ4v) is 2.80. The van der Waals surface area contributed by atoms with Gasteiger partial charge in [0.1, 0.15) is 0 Å². The molecule has 2 aromatic rings. The molecule has 0 amide bonds. The Morgan fingerprint density at radius 2 is 2.21 bits per heavy atom. The third-order valence-electron chi connectivity index (χ3n) is 3.18. The number of halogens is 1. The van der Waals surface area contributed by atoms with E-state index in [9.17, 15) is 0 Å². The fourth-order valence-electron chi connectivity index (χ4n) is 2.28. The maximum Gasteiger partial charge on any atom is 0.0522 e. The molecule has 3 nitrogen and oxygen atoms in total. The number of aromatic nitrogens is 2. The van der Waals surface area contributed by atoms with Crippen LogP contribution >= 0.6 is 15.9 Å². The van der Waals surface area contributed by atoms with E-state index in [1.807, 2.05) is 17.9 Å². The lowest BCUT2D eigenvalue weighted by molar-refractivity contribution is 0.547. The summed E-state index contributed by atoms with van der Waals surface area (Å²) in [5.41, 5.74) is 3.85. The third-order valence-corrected chi connectivity index (χ3v) is 3.90. The Labute approximate surface area is 123 Å². The van der Waals surface area contributed by atoms with Crippen LogP contribution in [0.1, 0.15) is 29.7 Å². The zero-order valence-corrected chi connectivity index (χ0v) is 13.2. The number of hydrogen-bond acceptors (Lipinski definition) is 2. The van der Waals surface area contributed by atoms with Gasteiger partial charge in [-0.25, -0.2) is 0 Å². The molecule has 4 heteroatoms. The average molecular weight is 322 g/mol. The Bertz CT molecular complexity index is 548. The molecule has 1 N–H and O–H groups in total. The van der Waals surface area contributed by atoms with Gasteiger partial charge in [0.25, 0.3) is 0 Å². The van der Waals surface area contributed by atoms with Gasteiger partial charge in [-0.2, -0.15) is 5.10 Å². The molecule has 1 atom stereocenters. The van der Waals surface area contributed by atoms with Gasteiger partial charge in [-0.05, 0) is 37.1 Å². The van der Waals surface area contributed by atoms with Crippen LogP contribution in [-0.2, 0) is 13.5 Å². The first-order valence-electron chi connectivity index (χ1n) is 6.57. The van der Waals surface area contributed by atoms with Gasteiger partial charge in [-0.1, -0.05) is 40.5 Å². The van der Waals surface area contributed by atoms with E-state index in [-0.39, 0.29) is 0 Å². The second-order valence-corrected chi connectivity index (χ2v) is 5.72. The number of likely N-dealkylation sites (N-methyl/N-ethyl adjacent to an activating group) is 1. The zero-order valence-electron chi connectivity index (χ0n) is 11.7. The lowest BCUT2D eigenvalue weighted by Crippen LogP contribution is -2.23. The van der Waals surface area contributed by atoms with E-state index in [0.29, 0.717) is 6.04 Å². The number of rotatable bonds is 5. The van der Waals surface area contributed by atoms with Gasteiger partial charge in [0.15, 0.2) is 0 Å². The van der Waals surface area contributed by atoms with Crippen LogP contribution in [-0.4, -0.2) is 16.3 Å². The van der Waals surface area contributed by atoms with Gasteiger partial charge in [-0.3, -0.25) is 4.68 Å². The summed E-state index contributed by atoms with van der Waals surface area (Å²) < 4.78 is 3.01. The molecule has 1 aromatic heterocycles. The molecule has 0 bridgehead atoms. The highest BCUT2D eigenvalue weighted by molar-refractivity contribution is 9.10. The molecule has 2 rings (SSSR count). The molecule has 0 aliphatic heterocycles. The molecule has 0 aliphatic rings. The Morgan fingerprint density at radius 1 is 1.42 bits per heavy atom.